The van der Waals surface area contributed by atoms with E-state index in [9.17, 15) is 4.39 Å². The number of hydrogen-bond acceptors (Lipinski definition) is 4. The van der Waals surface area contributed by atoms with Crippen LogP contribution < -0.4 is 5.32 Å². The van der Waals surface area contributed by atoms with Gasteiger partial charge in [-0.05, 0) is 12.1 Å². The van der Waals surface area contributed by atoms with Crippen molar-refractivity contribution < 1.29 is 8.81 Å². The molecular formula is C9H8FN3O. The summed E-state index contributed by atoms with van der Waals surface area (Å²) in [5.74, 6) is 0.234. The highest BCUT2D eigenvalue weighted by molar-refractivity contribution is 5.32. The molecule has 2 aromatic rings. The van der Waals surface area contributed by atoms with Gasteiger partial charge in [-0.1, -0.05) is 0 Å². The lowest BCUT2D eigenvalue weighted by Crippen LogP contribution is -2.03. The minimum absolute atomic E-state index is 0.129. The first-order valence-corrected chi connectivity index (χ1v) is 4.09. The molecule has 0 radical (unpaired) electrons. The van der Waals surface area contributed by atoms with Crippen molar-refractivity contribution in [1.29, 1.82) is 0 Å². The molecule has 1 N–H and O–H groups in total. The van der Waals surface area contributed by atoms with E-state index >= 15 is 0 Å². The molecule has 0 saturated heterocycles. The molecule has 72 valence electrons. The predicted octanol–water partition coefficient (Wildman–Crippen LogP) is 1.82. The standard InChI is InChI=1S/C9H8FN3O/c10-8-9(12-4-3-11-8)13-6-7-2-1-5-14-7/h1-5H,6H2,(H,12,13). The summed E-state index contributed by atoms with van der Waals surface area (Å²) in [7, 11) is 0. The van der Waals surface area contributed by atoms with Crippen molar-refractivity contribution in [3.05, 3.63) is 42.5 Å². The molecule has 2 aromatic heterocycles. The number of nitrogens with zero attached hydrogens (tertiary/aromatic N) is 2. The second kappa shape index (κ2) is 3.87. The lowest BCUT2D eigenvalue weighted by molar-refractivity contribution is 0.516. The molecule has 0 aromatic carbocycles. The average Bonchev–Trinajstić information content (AvgIpc) is 2.69. The van der Waals surface area contributed by atoms with Crippen molar-refractivity contribution in [2.24, 2.45) is 0 Å². The first-order valence-electron chi connectivity index (χ1n) is 4.09. The van der Waals surface area contributed by atoms with Crippen molar-refractivity contribution in [3.8, 4) is 0 Å². The molecule has 0 aliphatic carbocycles. The Morgan fingerprint density at radius 2 is 2.21 bits per heavy atom. The Balaban J connectivity index is 2.02. The van der Waals surface area contributed by atoms with Crippen LogP contribution in [0, 0.1) is 5.95 Å². The van der Waals surface area contributed by atoms with Crippen molar-refractivity contribution in [1.82, 2.24) is 9.97 Å². The van der Waals surface area contributed by atoms with Crippen molar-refractivity contribution >= 4 is 5.82 Å². The Kier molecular flexibility index (Phi) is 2.40. The predicted molar refractivity (Wildman–Crippen MR) is 48.0 cm³/mol. The van der Waals surface area contributed by atoms with Crippen LogP contribution in [0.25, 0.3) is 0 Å². The summed E-state index contributed by atoms with van der Waals surface area (Å²) in [5, 5.41) is 2.77. The first-order chi connectivity index (χ1) is 6.86. The van der Waals surface area contributed by atoms with Crippen LogP contribution in [0.3, 0.4) is 0 Å². The third-order valence-corrected chi connectivity index (χ3v) is 1.66. The monoisotopic (exact) mass is 193 g/mol. The van der Waals surface area contributed by atoms with E-state index in [1.54, 1.807) is 18.4 Å². The van der Waals surface area contributed by atoms with Crippen molar-refractivity contribution in [2.75, 3.05) is 5.32 Å². The fourth-order valence-electron chi connectivity index (χ4n) is 1.02. The minimum atomic E-state index is -0.612. The van der Waals surface area contributed by atoms with Crippen LogP contribution in [0.1, 0.15) is 5.76 Å². The van der Waals surface area contributed by atoms with Gasteiger partial charge in [0.2, 0.25) is 0 Å². The number of aromatic nitrogens is 2. The summed E-state index contributed by atoms with van der Waals surface area (Å²) in [5.41, 5.74) is 0. The van der Waals surface area contributed by atoms with Gasteiger partial charge in [0.25, 0.3) is 5.95 Å². The largest absolute Gasteiger partial charge is 0.467 e. The number of rotatable bonds is 3. The van der Waals surface area contributed by atoms with Gasteiger partial charge in [0.05, 0.1) is 12.8 Å². The van der Waals surface area contributed by atoms with E-state index < -0.39 is 5.95 Å². The van der Waals surface area contributed by atoms with E-state index in [2.05, 4.69) is 15.3 Å². The van der Waals surface area contributed by atoms with Gasteiger partial charge in [0.1, 0.15) is 5.76 Å². The van der Waals surface area contributed by atoms with Gasteiger partial charge in [-0.15, -0.1) is 0 Å². The van der Waals surface area contributed by atoms with E-state index in [0.717, 1.165) is 5.76 Å². The molecule has 0 atom stereocenters. The van der Waals surface area contributed by atoms with Gasteiger partial charge in [0.15, 0.2) is 5.82 Å². The highest BCUT2D eigenvalue weighted by Gasteiger charge is 2.03. The van der Waals surface area contributed by atoms with E-state index in [4.69, 9.17) is 4.42 Å². The smallest absolute Gasteiger partial charge is 0.255 e. The molecule has 0 aliphatic rings. The van der Waals surface area contributed by atoms with Crippen molar-refractivity contribution in [2.45, 2.75) is 6.54 Å². The Labute approximate surface area is 79.8 Å². The maximum absolute atomic E-state index is 13.0. The maximum Gasteiger partial charge on any atom is 0.255 e. The molecule has 0 spiro atoms. The highest BCUT2D eigenvalue weighted by atomic mass is 19.1. The van der Waals surface area contributed by atoms with Crippen LogP contribution in [-0.4, -0.2) is 9.97 Å². The zero-order valence-electron chi connectivity index (χ0n) is 7.27. The second-order valence-corrected chi connectivity index (χ2v) is 2.63. The fraction of sp³-hybridized carbons (Fsp3) is 0.111. The molecule has 2 heterocycles. The third-order valence-electron chi connectivity index (χ3n) is 1.66. The number of hydrogen-bond donors (Lipinski definition) is 1. The van der Waals surface area contributed by atoms with Crippen LogP contribution in [0.5, 0.6) is 0 Å². The molecule has 0 fully saturated rings. The second-order valence-electron chi connectivity index (χ2n) is 2.63. The van der Waals surface area contributed by atoms with Gasteiger partial charge in [-0.3, -0.25) is 0 Å². The maximum atomic E-state index is 13.0. The zero-order valence-corrected chi connectivity index (χ0v) is 7.27. The topological polar surface area (TPSA) is 51.0 Å². The molecule has 0 unspecified atom stereocenters. The van der Waals surface area contributed by atoms with Crippen LogP contribution in [0.2, 0.25) is 0 Å². The minimum Gasteiger partial charge on any atom is -0.467 e. The molecule has 2 rings (SSSR count). The van der Waals surface area contributed by atoms with Gasteiger partial charge in [-0.2, -0.15) is 4.39 Å². The van der Waals surface area contributed by atoms with Crippen LogP contribution >= 0.6 is 0 Å². The molecular weight excluding hydrogens is 185 g/mol. The van der Waals surface area contributed by atoms with Crippen LogP contribution in [0.4, 0.5) is 10.2 Å². The molecule has 0 amide bonds. The van der Waals surface area contributed by atoms with Gasteiger partial charge >= 0.3 is 0 Å². The van der Waals surface area contributed by atoms with Gasteiger partial charge in [0, 0.05) is 12.4 Å². The lowest BCUT2D eigenvalue weighted by atomic mass is 10.4. The Hall–Kier alpha value is -1.91. The Morgan fingerprint density at radius 1 is 1.36 bits per heavy atom. The average molecular weight is 193 g/mol. The van der Waals surface area contributed by atoms with Crippen LogP contribution in [-0.2, 0) is 6.54 Å². The number of nitrogens with one attached hydrogen (secondary N) is 1. The third kappa shape index (κ3) is 1.87. The van der Waals surface area contributed by atoms with Gasteiger partial charge < -0.3 is 9.73 Å². The quantitative estimate of drug-likeness (QED) is 0.807. The molecule has 4 nitrogen and oxygen atoms in total. The first kappa shape index (κ1) is 8.68. The van der Waals surface area contributed by atoms with E-state index in [-0.39, 0.29) is 5.82 Å². The molecule has 0 saturated carbocycles. The summed E-state index contributed by atoms with van der Waals surface area (Å²) in [6.45, 7) is 0.391. The Bertz CT molecular complexity index is 402. The highest BCUT2D eigenvalue weighted by Crippen LogP contribution is 2.08. The summed E-state index contributed by atoms with van der Waals surface area (Å²) in [6.07, 6.45) is 4.28. The summed E-state index contributed by atoms with van der Waals surface area (Å²) in [6, 6.07) is 3.56. The summed E-state index contributed by atoms with van der Waals surface area (Å²) in [4.78, 5) is 7.24. The summed E-state index contributed by atoms with van der Waals surface area (Å²) < 4.78 is 18.0. The van der Waals surface area contributed by atoms with E-state index in [1.165, 1.54) is 12.4 Å². The van der Waals surface area contributed by atoms with E-state index in [0.29, 0.717) is 6.54 Å². The number of anilines is 1. The number of furan rings is 1. The zero-order chi connectivity index (χ0) is 9.80. The van der Waals surface area contributed by atoms with Crippen LogP contribution in [0.15, 0.2) is 35.2 Å². The molecule has 5 heteroatoms. The van der Waals surface area contributed by atoms with Gasteiger partial charge in [-0.25, -0.2) is 9.97 Å². The normalized spacial score (nSPS) is 10.1. The SMILES string of the molecule is Fc1nccnc1NCc1ccco1. The van der Waals surface area contributed by atoms with E-state index in [1.807, 2.05) is 0 Å². The fourth-order valence-corrected chi connectivity index (χ4v) is 1.02. The molecule has 0 aliphatic heterocycles. The summed E-state index contributed by atoms with van der Waals surface area (Å²) >= 11 is 0. The molecule has 0 bridgehead atoms. The van der Waals surface area contributed by atoms with Crippen molar-refractivity contribution in [3.63, 3.8) is 0 Å². The lowest BCUT2D eigenvalue weighted by Gasteiger charge is -2.02. The Morgan fingerprint density at radius 3 is 2.93 bits per heavy atom. The number of halogens is 1. The molecule has 14 heavy (non-hydrogen) atoms.